The van der Waals surface area contributed by atoms with Gasteiger partial charge in [-0.05, 0) is 61.4 Å². The maximum atomic E-state index is 5.21. The predicted molar refractivity (Wildman–Crippen MR) is 131 cm³/mol. The number of thiophene rings is 1. The highest BCUT2D eigenvalue weighted by Crippen LogP contribution is 2.24. The van der Waals surface area contributed by atoms with Gasteiger partial charge in [0.25, 0.3) is 0 Å². The van der Waals surface area contributed by atoms with Crippen LogP contribution in [0.5, 0.6) is 5.75 Å². The van der Waals surface area contributed by atoms with Crippen molar-refractivity contribution in [1.29, 1.82) is 0 Å². The van der Waals surface area contributed by atoms with Gasteiger partial charge in [-0.2, -0.15) is 0 Å². The summed E-state index contributed by atoms with van der Waals surface area (Å²) in [5, 5.41) is 10.5. The number of piperidine rings is 1. The van der Waals surface area contributed by atoms with Gasteiger partial charge in [0, 0.05) is 32.2 Å². The van der Waals surface area contributed by atoms with Crippen molar-refractivity contribution in [1.82, 2.24) is 10.6 Å². The van der Waals surface area contributed by atoms with Crippen molar-refractivity contribution in [2.24, 2.45) is 4.99 Å². The van der Waals surface area contributed by atoms with Crippen LogP contribution < -0.4 is 20.3 Å². The number of rotatable bonds is 7. The van der Waals surface area contributed by atoms with E-state index in [-0.39, 0.29) is 24.0 Å². The molecular formula is C21H31IN4OS. The van der Waals surface area contributed by atoms with Gasteiger partial charge in [-0.3, -0.25) is 4.99 Å². The molecule has 154 valence electrons. The van der Waals surface area contributed by atoms with E-state index in [1.807, 2.05) is 23.5 Å². The monoisotopic (exact) mass is 514 g/mol. The Morgan fingerprint density at radius 1 is 1.21 bits per heavy atom. The van der Waals surface area contributed by atoms with Gasteiger partial charge in [0.1, 0.15) is 5.75 Å². The summed E-state index contributed by atoms with van der Waals surface area (Å²) in [5.74, 6) is 1.83. The normalized spacial score (nSPS) is 15.1. The Bertz CT molecular complexity index is 698. The van der Waals surface area contributed by atoms with E-state index in [1.54, 1.807) is 7.11 Å². The topological polar surface area (TPSA) is 48.9 Å². The highest BCUT2D eigenvalue weighted by molar-refractivity contribution is 14.0. The molecule has 1 fully saturated rings. The molecule has 0 atom stereocenters. The quantitative estimate of drug-likeness (QED) is 0.331. The molecule has 0 aliphatic carbocycles. The second kappa shape index (κ2) is 12.2. The number of aliphatic imine (C=N–C) groups is 1. The minimum absolute atomic E-state index is 0. The molecule has 2 aromatic rings. The standard InChI is InChI=1S/C21H30N4OS.HI/c1-3-22-21(23-13-10-17-6-8-19(26-2)9-7-17)24-18-11-14-25(15-12-18)20-5-4-16-27-20;/h4-9,16,18H,3,10-15H2,1-2H3,(H2,22,23,24);1H. The van der Waals surface area contributed by atoms with Gasteiger partial charge in [0.2, 0.25) is 0 Å². The number of hydrogen-bond acceptors (Lipinski definition) is 4. The molecule has 1 aromatic heterocycles. The number of nitrogens with zero attached hydrogens (tertiary/aromatic N) is 2. The Balaban J connectivity index is 0.00000280. The van der Waals surface area contributed by atoms with E-state index in [0.29, 0.717) is 6.04 Å². The number of ether oxygens (including phenoxy) is 1. The molecule has 28 heavy (non-hydrogen) atoms. The zero-order valence-corrected chi connectivity index (χ0v) is 19.8. The molecule has 3 rings (SSSR count). The van der Waals surface area contributed by atoms with Crippen LogP contribution in [0.25, 0.3) is 0 Å². The van der Waals surface area contributed by atoms with E-state index in [9.17, 15) is 0 Å². The fraction of sp³-hybridized carbons (Fsp3) is 0.476. The van der Waals surface area contributed by atoms with Crippen LogP contribution in [-0.2, 0) is 6.42 Å². The molecule has 0 amide bonds. The number of guanidine groups is 1. The van der Waals surface area contributed by atoms with E-state index < -0.39 is 0 Å². The molecule has 0 radical (unpaired) electrons. The average molecular weight is 514 g/mol. The number of halogens is 1. The Morgan fingerprint density at radius 3 is 2.57 bits per heavy atom. The first kappa shape index (κ1) is 22.8. The summed E-state index contributed by atoms with van der Waals surface area (Å²) in [6, 6.07) is 13.0. The van der Waals surface area contributed by atoms with Crippen molar-refractivity contribution in [3.63, 3.8) is 0 Å². The van der Waals surface area contributed by atoms with Gasteiger partial charge < -0.3 is 20.3 Å². The van der Waals surface area contributed by atoms with Gasteiger partial charge in [0.15, 0.2) is 5.96 Å². The fourth-order valence-corrected chi connectivity index (χ4v) is 4.08. The van der Waals surface area contributed by atoms with Crippen molar-refractivity contribution in [2.45, 2.75) is 32.2 Å². The lowest BCUT2D eigenvalue weighted by Gasteiger charge is -2.33. The SMILES string of the molecule is CCNC(=NCCc1ccc(OC)cc1)NC1CCN(c2cccs2)CC1.I. The Hall–Kier alpha value is -1.48. The lowest BCUT2D eigenvalue weighted by atomic mass is 10.1. The molecule has 5 nitrogen and oxygen atoms in total. The average Bonchev–Trinajstić information content (AvgIpc) is 3.24. The van der Waals surface area contributed by atoms with Crippen molar-refractivity contribution in [2.75, 3.05) is 38.2 Å². The van der Waals surface area contributed by atoms with Crippen LogP contribution in [0.1, 0.15) is 25.3 Å². The zero-order valence-electron chi connectivity index (χ0n) is 16.7. The van der Waals surface area contributed by atoms with Crippen LogP contribution in [-0.4, -0.2) is 45.3 Å². The molecule has 1 aromatic carbocycles. The van der Waals surface area contributed by atoms with Gasteiger partial charge in [0.05, 0.1) is 12.1 Å². The number of anilines is 1. The molecule has 0 bridgehead atoms. The largest absolute Gasteiger partial charge is 0.497 e. The van der Waals surface area contributed by atoms with Gasteiger partial charge in [-0.25, -0.2) is 0 Å². The number of hydrogen-bond donors (Lipinski definition) is 2. The summed E-state index contributed by atoms with van der Waals surface area (Å²) < 4.78 is 5.21. The van der Waals surface area contributed by atoms with E-state index in [0.717, 1.165) is 57.2 Å². The number of nitrogens with one attached hydrogen (secondary N) is 2. The molecule has 0 spiro atoms. The maximum absolute atomic E-state index is 5.21. The summed E-state index contributed by atoms with van der Waals surface area (Å²) in [6.45, 7) is 5.96. The van der Waals surface area contributed by atoms with Crippen LogP contribution in [0, 0.1) is 0 Å². The van der Waals surface area contributed by atoms with Crippen LogP contribution in [0.2, 0.25) is 0 Å². The molecule has 2 heterocycles. The first-order valence-corrected chi connectivity index (χ1v) is 10.6. The first-order valence-electron chi connectivity index (χ1n) is 9.74. The molecule has 1 aliphatic rings. The molecule has 1 aliphatic heterocycles. The van der Waals surface area contributed by atoms with Crippen molar-refractivity contribution in [3.8, 4) is 5.75 Å². The van der Waals surface area contributed by atoms with E-state index >= 15 is 0 Å². The Morgan fingerprint density at radius 2 is 1.96 bits per heavy atom. The lowest BCUT2D eigenvalue weighted by Crippen LogP contribution is -2.48. The van der Waals surface area contributed by atoms with Crippen LogP contribution >= 0.6 is 35.3 Å². The van der Waals surface area contributed by atoms with Gasteiger partial charge in [-0.15, -0.1) is 35.3 Å². The minimum Gasteiger partial charge on any atom is -0.497 e. The van der Waals surface area contributed by atoms with E-state index in [1.165, 1.54) is 10.6 Å². The third kappa shape index (κ3) is 6.84. The lowest BCUT2D eigenvalue weighted by molar-refractivity contribution is 0.414. The predicted octanol–water partition coefficient (Wildman–Crippen LogP) is 4.14. The third-order valence-corrected chi connectivity index (χ3v) is 5.76. The minimum atomic E-state index is 0. The Kier molecular flexibility index (Phi) is 9.91. The molecule has 1 saturated heterocycles. The molecule has 0 unspecified atom stereocenters. The summed E-state index contributed by atoms with van der Waals surface area (Å²) in [5.41, 5.74) is 1.28. The second-order valence-corrected chi connectivity index (χ2v) is 7.64. The molecule has 2 N–H and O–H groups in total. The van der Waals surface area contributed by atoms with Crippen molar-refractivity contribution < 1.29 is 4.74 Å². The fourth-order valence-electron chi connectivity index (χ4n) is 3.30. The van der Waals surface area contributed by atoms with E-state index in [2.05, 4.69) is 52.1 Å². The van der Waals surface area contributed by atoms with Crippen LogP contribution in [0.3, 0.4) is 0 Å². The van der Waals surface area contributed by atoms with Crippen LogP contribution in [0.15, 0.2) is 46.8 Å². The highest BCUT2D eigenvalue weighted by atomic mass is 127. The number of methoxy groups -OCH3 is 1. The van der Waals surface area contributed by atoms with Crippen molar-refractivity contribution in [3.05, 3.63) is 47.3 Å². The van der Waals surface area contributed by atoms with Gasteiger partial charge >= 0.3 is 0 Å². The van der Waals surface area contributed by atoms with Gasteiger partial charge in [-0.1, -0.05) is 12.1 Å². The maximum Gasteiger partial charge on any atom is 0.191 e. The molecular weight excluding hydrogens is 483 g/mol. The number of benzene rings is 1. The molecule has 7 heteroatoms. The summed E-state index contributed by atoms with van der Waals surface area (Å²) >= 11 is 1.83. The Labute approximate surface area is 189 Å². The summed E-state index contributed by atoms with van der Waals surface area (Å²) in [6.07, 6.45) is 3.21. The second-order valence-electron chi connectivity index (χ2n) is 6.72. The first-order chi connectivity index (χ1) is 13.3. The highest BCUT2D eigenvalue weighted by Gasteiger charge is 2.20. The zero-order chi connectivity index (χ0) is 18.9. The molecule has 0 saturated carbocycles. The van der Waals surface area contributed by atoms with E-state index in [4.69, 9.17) is 9.73 Å². The van der Waals surface area contributed by atoms with Crippen LogP contribution in [0.4, 0.5) is 5.00 Å². The van der Waals surface area contributed by atoms with Crippen molar-refractivity contribution >= 4 is 46.3 Å². The third-order valence-electron chi connectivity index (χ3n) is 4.83. The smallest absolute Gasteiger partial charge is 0.191 e. The summed E-state index contributed by atoms with van der Waals surface area (Å²) in [4.78, 5) is 7.25. The summed E-state index contributed by atoms with van der Waals surface area (Å²) in [7, 11) is 1.69.